The predicted molar refractivity (Wildman–Crippen MR) is 69.0 cm³/mol. The highest BCUT2D eigenvalue weighted by atomic mass is 16.3. The number of amides is 2. The van der Waals surface area contributed by atoms with Crippen LogP contribution in [0.15, 0.2) is 24.3 Å². The van der Waals surface area contributed by atoms with E-state index < -0.39 is 6.10 Å². The SMILES string of the molecule is CC(=O)NCCC(=O)Nc1ccccc1C(C)O. The van der Waals surface area contributed by atoms with Crippen LogP contribution in [0.1, 0.15) is 31.9 Å². The smallest absolute Gasteiger partial charge is 0.226 e. The van der Waals surface area contributed by atoms with Crippen molar-refractivity contribution in [3.05, 3.63) is 29.8 Å². The zero-order valence-corrected chi connectivity index (χ0v) is 10.6. The number of aliphatic hydroxyl groups excluding tert-OH is 1. The number of hydrogen-bond donors (Lipinski definition) is 3. The van der Waals surface area contributed by atoms with Crippen molar-refractivity contribution in [2.75, 3.05) is 11.9 Å². The van der Waals surface area contributed by atoms with E-state index in [2.05, 4.69) is 10.6 Å². The van der Waals surface area contributed by atoms with Crippen molar-refractivity contribution in [2.45, 2.75) is 26.4 Å². The summed E-state index contributed by atoms with van der Waals surface area (Å²) in [5, 5.41) is 14.8. The Hall–Kier alpha value is -1.88. The Balaban J connectivity index is 2.56. The second kappa shape index (κ2) is 6.76. The van der Waals surface area contributed by atoms with Crippen molar-refractivity contribution in [3.63, 3.8) is 0 Å². The monoisotopic (exact) mass is 250 g/mol. The first-order valence-corrected chi connectivity index (χ1v) is 5.82. The van der Waals surface area contributed by atoms with Gasteiger partial charge in [0, 0.05) is 31.1 Å². The molecule has 0 aliphatic carbocycles. The number of benzene rings is 1. The maximum atomic E-state index is 11.6. The molecule has 5 heteroatoms. The van der Waals surface area contributed by atoms with Gasteiger partial charge >= 0.3 is 0 Å². The first-order valence-electron chi connectivity index (χ1n) is 5.82. The molecular formula is C13H18N2O3. The molecule has 1 unspecified atom stereocenters. The zero-order valence-electron chi connectivity index (χ0n) is 10.6. The van der Waals surface area contributed by atoms with Gasteiger partial charge in [0.25, 0.3) is 0 Å². The minimum absolute atomic E-state index is 0.160. The predicted octanol–water partition coefficient (Wildman–Crippen LogP) is 1.20. The molecule has 2 amide bonds. The Morgan fingerprint density at radius 3 is 2.61 bits per heavy atom. The lowest BCUT2D eigenvalue weighted by Crippen LogP contribution is -2.25. The number of para-hydroxylation sites is 1. The van der Waals surface area contributed by atoms with Crippen molar-refractivity contribution >= 4 is 17.5 Å². The van der Waals surface area contributed by atoms with Crippen LogP contribution >= 0.6 is 0 Å². The van der Waals surface area contributed by atoms with E-state index in [1.165, 1.54) is 6.92 Å². The molecule has 0 bridgehead atoms. The second-order valence-corrected chi connectivity index (χ2v) is 4.04. The largest absolute Gasteiger partial charge is 0.389 e. The molecule has 0 fully saturated rings. The van der Waals surface area contributed by atoms with E-state index in [0.717, 1.165) is 0 Å². The van der Waals surface area contributed by atoms with Crippen LogP contribution in [0.3, 0.4) is 0 Å². The summed E-state index contributed by atoms with van der Waals surface area (Å²) in [6, 6.07) is 7.08. The van der Waals surface area contributed by atoms with Gasteiger partial charge in [-0.1, -0.05) is 18.2 Å². The van der Waals surface area contributed by atoms with Gasteiger partial charge in [-0.2, -0.15) is 0 Å². The Bertz CT molecular complexity index is 430. The van der Waals surface area contributed by atoms with Crippen molar-refractivity contribution in [2.24, 2.45) is 0 Å². The summed E-state index contributed by atoms with van der Waals surface area (Å²) >= 11 is 0. The van der Waals surface area contributed by atoms with Crippen molar-refractivity contribution in [1.29, 1.82) is 0 Å². The van der Waals surface area contributed by atoms with Crippen LogP contribution in [0.25, 0.3) is 0 Å². The normalized spacial score (nSPS) is 11.7. The topological polar surface area (TPSA) is 78.4 Å². The Labute approximate surface area is 106 Å². The summed E-state index contributed by atoms with van der Waals surface area (Å²) in [5.41, 5.74) is 1.27. The minimum atomic E-state index is -0.642. The summed E-state index contributed by atoms with van der Waals surface area (Å²) in [6.45, 7) is 3.35. The van der Waals surface area contributed by atoms with Gasteiger partial charge in [-0.05, 0) is 13.0 Å². The number of hydrogen-bond acceptors (Lipinski definition) is 3. The molecule has 0 aromatic heterocycles. The Morgan fingerprint density at radius 2 is 2.00 bits per heavy atom. The number of carbonyl (C=O) groups is 2. The fraction of sp³-hybridized carbons (Fsp3) is 0.385. The number of rotatable bonds is 5. The number of anilines is 1. The lowest BCUT2D eigenvalue weighted by Gasteiger charge is -2.12. The fourth-order valence-electron chi connectivity index (χ4n) is 1.54. The average molecular weight is 250 g/mol. The summed E-state index contributed by atoms with van der Waals surface area (Å²) in [4.78, 5) is 22.3. The van der Waals surface area contributed by atoms with Crippen LogP contribution in [0.5, 0.6) is 0 Å². The molecule has 1 aromatic carbocycles. The van der Waals surface area contributed by atoms with Crippen LogP contribution in [0.4, 0.5) is 5.69 Å². The van der Waals surface area contributed by atoms with Gasteiger partial charge in [-0.25, -0.2) is 0 Å². The van der Waals surface area contributed by atoms with E-state index in [4.69, 9.17) is 0 Å². The van der Waals surface area contributed by atoms with Gasteiger partial charge in [0.2, 0.25) is 11.8 Å². The van der Waals surface area contributed by atoms with E-state index in [0.29, 0.717) is 17.8 Å². The molecule has 0 saturated heterocycles. The third-order valence-electron chi connectivity index (χ3n) is 2.41. The van der Waals surface area contributed by atoms with Gasteiger partial charge in [-0.3, -0.25) is 9.59 Å². The van der Waals surface area contributed by atoms with Crippen LogP contribution in [-0.4, -0.2) is 23.5 Å². The van der Waals surface area contributed by atoms with E-state index in [-0.39, 0.29) is 18.2 Å². The van der Waals surface area contributed by atoms with Gasteiger partial charge in [-0.15, -0.1) is 0 Å². The highest BCUT2D eigenvalue weighted by molar-refractivity contribution is 5.91. The maximum absolute atomic E-state index is 11.6. The molecule has 5 nitrogen and oxygen atoms in total. The highest BCUT2D eigenvalue weighted by Gasteiger charge is 2.09. The van der Waals surface area contributed by atoms with Gasteiger partial charge in [0.15, 0.2) is 0 Å². The molecule has 98 valence electrons. The number of carbonyl (C=O) groups excluding carboxylic acids is 2. The first-order chi connectivity index (χ1) is 8.50. The van der Waals surface area contributed by atoms with Crippen LogP contribution in [0, 0.1) is 0 Å². The molecule has 0 aliphatic heterocycles. The van der Waals surface area contributed by atoms with E-state index >= 15 is 0 Å². The molecule has 1 rings (SSSR count). The molecule has 18 heavy (non-hydrogen) atoms. The number of aliphatic hydroxyl groups is 1. The lowest BCUT2D eigenvalue weighted by molar-refractivity contribution is -0.119. The highest BCUT2D eigenvalue weighted by Crippen LogP contribution is 2.22. The van der Waals surface area contributed by atoms with Gasteiger partial charge in [0.1, 0.15) is 0 Å². The molecule has 3 N–H and O–H groups in total. The van der Waals surface area contributed by atoms with Crippen LogP contribution < -0.4 is 10.6 Å². The third kappa shape index (κ3) is 4.55. The average Bonchev–Trinajstić information content (AvgIpc) is 2.28. The molecule has 0 aliphatic rings. The van der Waals surface area contributed by atoms with E-state index in [1.54, 1.807) is 31.2 Å². The molecule has 0 heterocycles. The molecule has 0 radical (unpaired) electrons. The van der Waals surface area contributed by atoms with E-state index in [1.807, 2.05) is 0 Å². The Kier molecular flexibility index (Phi) is 5.32. The van der Waals surface area contributed by atoms with Gasteiger partial charge < -0.3 is 15.7 Å². The van der Waals surface area contributed by atoms with Crippen molar-refractivity contribution in [1.82, 2.24) is 5.32 Å². The van der Waals surface area contributed by atoms with E-state index in [9.17, 15) is 14.7 Å². The maximum Gasteiger partial charge on any atom is 0.226 e. The molecule has 0 saturated carbocycles. The van der Waals surface area contributed by atoms with Crippen molar-refractivity contribution in [3.8, 4) is 0 Å². The third-order valence-corrected chi connectivity index (χ3v) is 2.41. The molecule has 0 spiro atoms. The summed E-state index contributed by atoms with van der Waals surface area (Å²) < 4.78 is 0. The molecular weight excluding hydrogens is 232 g/mol. The summed E-state index contributed by atoms with van der Waals surface area (Å²) in [7, 11) is 0. The molecule has 1 atom stereocenters. The summed E-state index contributed by atoms with van der Waals surface area (Å²) in [5.74, 6) is -0.357. The molecule has 1 aromatic rings. The second-order valence-electron chi connectivity index (χ2n) is 4.04. The first kappa shape index (κ1) is 14.2. The number of nitrogens with one attached hydrogen (secondary N) is 2. The van der Waals surface area contributed by atoms with Crippen LogP contribution in [0.2, 0.25) is 0 Å². The fourth-order valence-corrected chi connectivity index (χ4v) is 1.54. The summed E-state index contributed by atoms with van der Waals surface area (Å²) in [6.07, 6.45) is -0.440. The zero-order chi connectivity index (χ0) is 13.5. The van der Waals surface area contributed by atoms with Crippen LogP contribution in [-0.2, 0) is 9.59 Å². The van der Waals surface area contributed by atoms with Crippen molar-refractivity contribution < 1.29 is 14.7 Å². The Morgan fingerprint density at radius 1 is 1.33 bits per heavy atom. The minimum Gasteiger partial charge on any atom is -0.389 e. The quantitative estimate of drug-likeness (QED) is 0.735. The van der Waals surface area contributed by atoms with Gasteiger partial charge in [0.05, 0.1) is 6.10 Å². The standard InChI is InChI=1S/C13H18N2O3/c1-9(16)11-5-3-4-6-12(11)15-13(18)7-8-14-10(2)17/h3-6,9,16H,7-8H2,1-2H3,(H,14,17)(H,15,18). The lowest BCUT2D eigenvalue weighted by atomic mass is 10.1.